The smallest absolute Gasteiger partial charge is 0.271 e. The molecule has 0 N–H and O–H groups in total. The first kappa shape index (κ1) is 17.6. The van der Waals surface area contributed by atoms with E-state index in [2.05, 4.69) is 16.9 Å². The van der Waals surface area contributed by atoms with Crippen LogP contribution in [0.15, 0.2) is 41.2 Å². The summed E-state index contributed by atoms with van der Waals surface area (Å²) in [5, 5.41) is 4.21. The number of ether oxygens (including phenoxy) is 1. The van der Waals surface area contributed by atoms with Crippen LogP contribution in [-0.2, 0) is 0 Å². The Labute approximate surface area is 147 Å². The third kappa shape index (κ3) is 4.89. The van der Waals surface area contributed by atoms with E-state index in [1.807, 2.05) is 0 Å². The molecule has 0 unspecified atom stereocenters. The molecule has 3 rings (SSSR count). The number of likely N-dealkylation sites (tertiary alicyclic amines) is 1. The highest BCUT2D eigenvalue weighted by molar-refractivity contribution is 5.31. The third-order valence-electron chi connectivity index (χ3n) is 4.59. The summed E-state index contributed by atoms with van der Waals surface area (Å²) in [7, 11) is 0. The fraction of sp³-hybridized carbons (Fsp3) is 0.474. The van der Waals surface area contributed by atoms with Gasteiger partial charge < -0.3 is 9.64 Å². The lowest BCUT2D eigenvalue weighted by molar-refractivity contribution is 0.176. The van der Waals surface area contributed by atoms with Crippen molar-refractivity contribution in [2.24, 2.45) is 5.92 Å². The first-order chi connectivity index (χ1) is 12.1. The van der Waals surface area contributed by atoms with Crippen LogP contribution in [0.25, 0.3) is 5.69 Å². The van der Waals surface area contributed by atoms with E-state index in [0.29, 0.717) is 18.2 Å². The third-order valence-corrected chi connectivity index (χ3v) is 4.59. The van der Waals surface area contributed by atoms with Gasteiger partial charge in [0.05, 0.1) is 12.3 Å². The van der Waals surface area contributed by atoms with Gasteiger partial charge in [-0.2, -0.15) is 4.68 Å². The van der Waals surface area contributed by atoms with Gasteiger partial charge in [0.25, 0.3) is 5.56 Å². The SMILES string of the molecule is CC1CCN(CCCOc2ccc(=O)n(-c3ccc(F)cc3)n2)CC1. The van der Waals surface area contributed by atoms with Crippen molar-refractivity contribution in [1.29, 1.82) is 0 Å². The van der Waals surface area contributed by atoms with Crippen LogP contribution in [-0.4, -0.2) is 40.9 Å². The molecule has 2 heterocycles. The lowest BCUT2D eigenvalue weighted by atomic mass is 9.99. The van der Waals surface area contributed by atoms with E-state index in [9.17, 15) is 9.18 Å². The Hall–Kier alpha value is -2.21. The van der Waals surface area contributed by atoms with E-state index in [0.717, 1.165) is 32.0 Å². The topological polar surface area (TPSA) is 47.4 Å². The van der Waals surface area contributed by atoms with E-state index in [1.54, 1.807) is 6.07 Å². The van der Waals surface area contributed by atoms with Crippen molar-refractivity contribution >= 4 is 0 Å². The molecule has 25 heavy (non-hydrogen) atoms. The fourth-order valence-corrected chi connectivity index (χ4v) is 2.99. The van der Waals surface area contributed by atoms with Crippen LogP contribution < -0.4 is 10.3 Å². The van der Waals surface area contributed by atoms with Gasteiger partial charge in [-0.25, -0.2) is 4.39 Å². The molecule has 6 heteroatoms. The molecule has 1 fully saturated rings. The normalized spacial score (nSPS) is 16.1. The highest BCUT2D eigenvalue weighted by Gasteiger charge is 2.14. The van der Waals surface area contributed by atoms with E-state index in [-0.39, 0.29) is 11.4 Å². The summed E-state index contributed by atoms with van der Waals surface area (Å²) in [6, 6.07) is 8.63. The van der Waals surface area contributed by atoms with Gasteiger partial charge >= 0.3 is 0 Å². The van der Waals surface area contributed by atoms with E-state index in [4.69, 9.17) is 4.74 Å². The zero-order chi connectivity index (χ0) is 17.6. The lowest BCUT2D eigenvalue weighted by Crippen LogP contribution is -2.34. The molecule has 0 bridgehead atoms. The molecule has 0 spiro atoms. The predicted octanol–water partition coefficient (Wildman–Crippen LogP) is 2.87. The molecular weight excluding hydrogens is 321 g/mol. The van der Waals surface area contributed by atoms with Gasteiger partial charge in [0.1, 0.15) is 5.82 Å². The predicted molar refractivity (Wildman–Crippen MR) is 94.7 cm³/mol. The summed E-state index contributed by atoms with van der Waals surface area (Å²) < 4.78 is 19.9. The molecule has 0 atom stereocenters. The van der Waals surface area contributed by atoms with Crippen molar-refractivity contribution in [2.45, 2.75) is 26.2 Å². The van der Waals surface area contributed by atoms with Crippen molar-refractivity contribution in [1.82, 2.24) is 14.7 Å². The minimum Gasteiger partial charge on any atom is -0.477 e. The van der Waals surface area contributed by atoms with Gasteiger partial charge in [-0.05, 0) is 62.5 Å². The first-order valence-electron chi connectivity index (χ1n) is 8.83. The minimum atomic E-state index is -0.351. The Morgan fingerprint density at radius 3 is 2.60 bits per heavy atom. The van der Waals surface area contributed by atoms with Crippen LogP contribution in [0.2, 0.25) is 0 Å². The van der Waals surface area contributed by atoms with Crippen LogP contribution in [0, 0.1) is 11.7 Å². The number of hydrogen-bond donors (Lipinski definition) is 0. The lowest BCUT2D eigenvalue weighted by Gasteiger charge is -2.29. The molecule has 5 nitrogen and oxygen atoms in total. The second-order valence-corrected chi connectivity index (χ2v) is 6.62. The van der Waals surface area contributed by atoms with Crippen molar-refractivity contribution in [3.63, 3.8) is 0 Å². The highest BCUT2D eigenvalue weighted by atomic mass is 19.1. The van der Waals surface area contributed by atoms with Gasteiger partial charge in [0, 0.05) is 18.7 Å². The molecule has 2 aromatic rings. The zero-order valence-corrected chi connectivity index (χ0v) is 14.5. The fourth-order valence-electron chi connectivity index (χ4n) is 2.99. The van der Waals surface area contributed by atoms with Crippen molar-refractivity contribution < 1.29 is 9.13 Å². The Kier molecular flexibility index (Phi) is 5.81. The zero-order valence-electron chi connectivity index (χ0n) is 14.5. The molecule has 0 saturated carbocycles. The molecule has 0 aliphatic carbocycles. The van der Waals surface area contributed by atoms with Gasteiger partial charge in [-0.3, -0.25) is 4.79 Å². The number of rotatable bonds is 6. The largest absolute Gasteiger partial charge is 0.477 e. The van der Waals surface area contributed by atoms with Crippen molar-refractivity contribution in [3.8, 4) is 11.6 Å². The maximum atomic E-state index is 13.0. The standard InChI is InChI=1S/C19H24FN3O2/c1-15-9-12-22(13-10-15)11-2-14-25-18-7-8-19(24)23(21-18)17-5-3-16(20)4-6-17/h3-8,15H,2,9-14H2,1H3. The second-order valence-electron chi connectivity index (χ2n) is 6.62. The number of benzene rings is 1. The highest BCUT2D eigenvalue weighted by Crippen LogP contribution is 2.16. The Balaban J connectivity index is 1.54. The maximum Gasteiger partial charge on any atom is 0.271 e. The number of nitrogens with zero attached hydrogens (tertiary/aromatic N) is 3. The summed E-state index contributed by atoms with van der Waals surface area (Å²) in [4.78, 5) is 14.4. The first-order valence-corrected chi connectivity index (χ1v) is 8.83. The summed E-state index contributed by atoms with van der Waals surface area (Å²) in [5.74, 6) is 0.886. The van der Waals surface area contributed by atoms with Gasteiger partial charge in [-0.1, -0.05) is 6.92 Å². The molecule has 1 saturated heterocycles. The Morgan fingerprint density at radius 1 is 1.16 bits per heavy atom. The molecule has 1 aromatic heterocycles. The molecule has 1 aromatic carbocycles. The molecule has 134 valence electrons. The number of aromatic nitrogens is 2. The summed E-state index contributed by atoms with van der Waals surface area (Å²) >= 11 is 0. The van der Waals surface area contributed by atoms with Crippen LogP contribution in [0.4, 0.5) is 4.39 Å². The molecule has 0 amide bonds. The average molecular weight is 345 g/mol. The van der Waals surface area contributed by atoms with Gasteiger partial charge in [0.15, 0.2) is 0 Å². The van der Waals surface area contributed by atoms with Crippen LogP contribution in [0.5, 0.6) is 5.88 Å². The van der Waals surface area contributed by atoms with Crippen molar-refractivity contribution in [3.05, 3.63) is 52.6 Å². The van der Waals surface area contributed by atoms with Gasteiger partial charge in [0.2, 0.25) is 5.88 Å². The Morgan fingerprint density at radius 2 is 1.88 bits per heavy atom. The van der Waals surface area contributed by atoms with Gasteiger partial charge in [-0.15, -0.1) is 5.10 Å². The average Bonchev–Trinajstić information content (AvgIpc) is 2.62. The maximum absolute atomic E-state index is 13.0. The molecular formula is C19H24FN3O2. The van der Waals surface area contributed by atoms with E-state index < -0.39 is 0 Å². The molecule has 1 aliphatic heterocycles. The second kappa shape index (κ2) is 8.25. The van der Waals surface area contributed by atoms with Crippen LogP contribution in [0.1, 0.15) is 26.2 Å². The summed E-state index contributed by atoms with van der Waals surface area (Å²) in [6.45, 7) is 6.21. The van der Waals surface area contributed by atoms with Crippen LogP contribution >= 0.6 is 0 Å². The number of piperidine rings is 1. The molecule has 1 aliphatic rings. The van der Waals surface area contributed by atoms with E-state index in [1.165, 1.54) is 47.9 Å². The Bertz CT molecular complexity index is 737. The van der Waals surface area contributed by atoms with Crippen molar-refractivity contribution in [2.75, 3.05) is 26.2 Å². The number of hydrogen-bond acceptors (Lipinski definition) is 4. The number of halogens is 1. The summed E-state index contributed by atoms with van der Waals surface area (Å²) in [5.41, 5.74) is 0.237. The van der Waals surface area contributed by atoms with E-state index >= 15 is 0 Å². The quantitative estimate of drug-likeness (QED) is 0.756. The minimum absolute atomic E-state index is 0.276. The monoisotopic (exact) mass is 345 g/mol. The molecule has 0 radical (unpaired) electrons. The van der Waals surface area contributed by atoms with Crippen LogP contribution in [0.3, 0.4) is 0 Å². The summed E-state index contributed by atoms with van der Waals surface area (Å²) in [6.07, 6.45) is 3.46.